The van der Waals surface area contributed by atoms with Crippen molar-refractivity contribution in [2.45, 2.75) is 52.6 Å². The highest BCUT2D eigenvalue weighted by molar-refractivity contribution is 6.35. The van der Waals surface area contributed by atoms with Crippen molar-refractivity contribution < 1.29 is 9.59 Å². The first-order valence-electron chi connectivity index (χ1n) is 11.3. The molecule has 0 amide bonds. The van der Waals surface area contributed by atoms with Gasteiger partial charge in [0.25, 0.3) is 0 Å². The Balaban J connectivity index is 1.92. The maximum atomic E-state index is 13.5. The molecule has 0 N–H and O–H groups in total. The highest BCUT2D eigenvalue weighted by atomic mass is 16.1. The summed E-state index contributed by atoms with van der Waals surface area (Å²) in [6.45, 7) is 8.23. The van der Waals surface area contributed by atoms with E-state index in [0.717, 1.165) is 35.4 Å². The third kappa shape index (κ3) is 3.93. The van der Waals surface area contributed by atoms with Crippen LogP contribution in [0.3, 0.4) is 0 Å². The molecule has 2 aliphatic carbocycles. The van der Waals surface area contributed by atoms with Gasteiger partial charge in [-0.25, -0.2) is 0 Å². The number of aliphatic imine (C=N–C) groups is 2. The molecule has 32 heavy (non-hydrogen) atoms. The summed E-state index contributed by atoms with van der Waals surface area (Å²) in [5.74, 6) is -0.295. The number of fused-ring (bicyclic) bond motifs is 2. The van der Waals surface area contributed by atoms with E-state index in [4.69, 9.17) is 9.98 Å². The summed E-state index contributed by atoms with van der Waals surface area (Å²) >= 11 is 0. The lowest BCUT2D eigenvalue weighted by Crippen LogP contribution is -2.26. The molecule has 4 nitrogen and oxygen atoms in total. The molecule has 0 aliphatic heterocycles. The number of carbonyl (C=O) groups is 2. The van der Waals surface area contributed by atoms with Crippen LogP contribution in [0.4, 0.5) is 0 Å². The molecule has 4 rings (SSSR count). The molecule has 2 aliphatic rings. The average Bonchev–Trinajstić information content (AvgIpc) is 2.80. The normalized spacial score (nSPS) is 18.2. The van der Waals surface area contributed by atoms with Gasteiger partial charge in [0.05, 0.1) is 17.5 Å². The number of Topliss-reactive ketones (excluding diaryl/α,β-unsaturated/α-hetero) is 2. The minimum absolute atomic E-state index is 0.0625. The molecule has 0 aromatic heterocycles. The molecule has 0 heterocycles. The number of hydrogen-bond acceptors (Lipinski definition) is 4. The van der Waals surface area contributed by atoms with Gasteiger partial charge in [-0.2, -0.15) is 0 Å². The van der Waals surface area contributed by atoms with E-state index in [2.05, 4.69) is 13.8 Å². The lowest BCUT2D eigenvalue weighted by Gasteiger charge is -2.23. The smallest absolute Gasteiger partial charge is 0.194 e. The largest absolute Gasteiger partial charge is 0.289 e. The summed E-state index contributed by atoms with van der Waals surface area (Å²) in [5, 5.41) is 0. The van der Waals surface area contributed by atoms with E-state index in [1.54, 1.807) is 12.2 Å². The van der Waals surface area contributed by atoms with E-state index < -0.39 is 0 Å². The summed E-state index contributed by atoms with van der Waals surface area (Å²) in [4.78, 5) is 36.7. The lowest BCUT2D eigenvalue weighted by atomic mass is 9.79. The fraction of sp³-hybridized carbons (Fsp3) is 0.286. The van der Waals surface area contributed by atoms with Crippen molar-refractivity contribution in [3.8, 4) is 0 Å². The minimum Gasteiger partial charge on any atom is -0.289 e. The van der Waals surface area contributed by atoms with Crippen LogP contribution in [0.1, 0.15) is 72.4 Å². The van der Waals surface area contributed by atoms with Gasteiger partial charge in [0.15, 0.2) is 11.6 Å². The molecule has 0 saturated heterocycles. The number of allylic oxidation sites excluding steroid dienone is 4. The molecule has 0 radical (unpaired) electrons. The zero-order valence-electron chi connectivity index (χ0n) is 19.1. The number of rotatable bonds is 5. The maximum Gasteiger partial charge on any atom is 0.194 e. The standard InChI is InChI=1S/C28H28N2O2/c1-5-18(6-2)30-26-16-24(28(32)22-14-10-8-12-20(22)26)23-15-25(29-17(3)4)19-11-7-9-13-21(19)27(23)31/h7-18H,5-6H2,1-4H3. The molecule has 0 spiro atoms. The molecule has 162 valence electrons. The van der Waals surface area contributed by atoms with Gasteiger partial charge in [0, 0.05) is 39.4 Å². The van der Waals surface area contributed by atoms with E-state index >= 15 is 0 Å². The summed E-state index contributed by atoms with van der Waals surface area (Å²) in [6, 6.07) is 15.2. The third-order valence-electron chi connectivity index (χ3n) is 5.90. The molecule has 2 aromatic rings. The van der Waals surface area contributed by atoms with Crippen molar-refractivity contribution in [1.82, 2.24) is 0 Å². The summed E-state index contributed by atoms with van der Waals surface area (Å²) in [5.41, 5.74) is 5.08. The first-order valence-corrected chi connectivity index (χ1v) is 11.3. The molecular weight excluding hydrogens is 396 g/mol. The van der Waals surface area contributed by atoms with Crippen LogP contribution in [0.2, 0.25) is 0 Å². The van der Waals surface area contributed by atoms with Crippen LogP contribution < -0.4 is 0 Å². The lowest BCUT2D eigenvalue weighted by molar-refractivity contribution is 0.0996. The Kier molecular flexibility index (Phi) is 6.13. The molecule has 4 heteroatoms. The van der Waals surface area contributed by atoms with Gasteiger partial charge in [0.1, 0.15) is 0 Å². The minimum atomic E-state index is -0.149. The van der Waals surface area contributed by atoms with Gasteiger partial charge in [-0.1, -0.05) is 62.4 Å². The fourth-order valence-electron chi connectivity index (χ4n) is 4.22. The molecular formula is C28H28N2O2. The van der Waals surface area contributed by atoms with Crippen LogP contribution in [-0.2, 0) is 0 Å². The maximum absolute atomic E-state index is 13.5. The van der Waals surface area contributed by atoms with Gasteiger partial charge >= 0.3 is 0 Å². The molecule has 0 atom stereocenters. The van der Waals surface area contributed by atoms with Crippen molar-refractivity contribution in [2.24, 2.45) is 9.98 Å². The number of hydrogen-bond donors (Lipinski definition) is 0. The Hall–Kier alpha value is -3.40. The highest BCUT2D eigenvalue weighted by Gasteiger charge is 2.33. The van der Waals surface area contributed by atoms with E-state index in [0.29, 0.717) is 22.3 Å². The van der Waals surface area contributed by atoms with Gasteiger partial charge in [-0.15, -0.1) is 0 Å². The quantitative estimate of drug-likeness (QED) is 0.608. The Morgan fingerprint density at radius 1 is 0.656 bits per heavy atom. The van der Waals surface area contributed by atoms with Gasteiger partial charge < -0.3 is 0 Å². The second-order valence-corrected chi connectivity index (χ2v) is 8.46. The SMILES string of the molecule is CCC(CC)N=C1C=C(C2=CC(=NC(C)C)c3ccccc3C2=O)C(=O)c2ccccc21. The van der Waals surface area contributed by atoms with Crippen LogP contribution in [-0.4, -0.2) is 35.1 Å². The topological polar surface area (TPSA) is 58.9 Å². The Labute approximate surface area is 189 Å². The number of carbonyl (C=O) groups excluding carboxylic acids is 2. The first-order chi connectivity index (χ1) is 15.4. The number of ketones is 2. The highest BCUT2D eigenvalue weighted by Crippen LogP contribution is 2.32. The third-order valence-corrected chi connectivity index (χ3v) is 5.90. The monoisotopic (exact) mass is 424 g/mol. The van der Waals surface area contributed by atoms with Crippen molar-refractivity contribution >= 4 is 23.0 Å². The van der Waals surface area contributed by atoms with E-state index in [9.17, 15) is 9.59 Å². The molecule has 0 fully saturated rings. The zero-order chi connectivity index (χ0) is 22.8. The fourth-order valence-corrected chi connectivity index (χ4v) is 4.22. The predicted molar refractivity (Wildman–Crippen MR) is 130 cm³/mol. The second kappa shape index (κ2) is 8.99. The summed E-state index contributed by atoms with van der Waals surface area (Å²) < 4.78 is 0. The van der Waals surface area contributed by atoms with Crippen LogP contribution in [0.15, 0.2) is 81.8 Å². The number of nitrogens with zero attached hydrogens (tertiary/aromatic N) is 2. The first kappa shape index (κ1) is 21.8. The summed E-state index contributed by atoms with van der Waals surface area (Å²) in [6.07, 6.45) is 5.41. The van der Waals surface area contributed by atoms with Gasteiger partial charge in [-0.05, 0) is 38.8 Å². The van der Waals surface area contributed by atoms with Crippen LogP contribution in [0.5, 0.6) is 0 Å². The van der Waals surface area contributed by atoms with E-state index in [1.807, 2.05) is 62.4 Å². The Bertz CT molecular complexity index is 1210. The Morgan fingerprint density at radius 2 is 1.06 bits per heavy atom. The van der Waals surface area contributed by atoms with E-state index in [1.165, 1.54) is 0 Å². The van der Waals surface area contributed by atoms with Crippen molar-refractivity contribution in [3.63, 3.8) is 0 Å². The number of benzene rings is 2. The van der Waals surface area contributed by atoms with Crippen molar-refractivity contribution in [3.05, 3.63) is 94.1 Å². The van der Waals surface area contributed by atoms with E-state index in [-0.39, 0.29) is 23.7 Å². The molecule has 2 aromatic carbocycles. The predicted octanol–water partition coefficient (Wildman–Crippen LogP) is 5.81. The molecule has 0 saturated carbocycles. The van der Waals surface area contributed by atoms with Crippen molar-refractivity contribution in [2.75, 3.05) is 0 Å². The molecule has 0 bridgehead atoms. The Morgan fingerprint density at radius 3 is 1.47 bits per heavy atom. The zero-order valence-corrected chi connectivity index (χ0v) is 19.1. The van der Waals surface area contributed by atoms with Crippen LogP contribution >= 0.6 is 0 Å². The van der Waals surface area contributed by atoms with Gasteiger partial charge in [0.2, 0.25) is 0 Å². The summed E-state index contributed by atoms with van der Waals surface area (Å²) in [7, 11) is 0. The van der Waals surface area contributed by atoms with Crippen LogP contribution in [0, 0.1) is 0 Å². The molecule has 0 unspecified atom stereocenters. The second-order valence-electron chi connectivity index (χ2n) is 8.46. The van der Waals surface area contributed by atoms with Gasteiger partial charge in [-0.3, -0.25) is 19.6 Å². The van der Waals surface area contributed by atoms with Crippen LogP contribution in [0.25, 0.3) is 0 Å². The van der Waals surface area contributed by atoms with Crippen molar-refractivity contribution in [1.29, 1.82) is 0 Å². The average molecular weight is 425 g/mol.